The van der Waals surface area contributed by atoms with Crippen LogP contribution in [0.2, 0.25) is 0 Å². The molecule has 0 aromatic carbocycles. The Balaban J connectivity index is 0.00000112. The van der Waals surface area contributed by atoms with Crippen molar-refractivity contribution >= 4 is 28.7 Å². The quantitative estimate of drug-likeness (QED) is 0.798. The highest BCUT2D eigenvalue weighted by Gasteiger charge is 2.13. The molecule has 1 aromatic rings. The lowest BCUT2D eigenvalue weighted by Gasteiger charge is -2.21. The van der Waals surface area contributed by atoms with Crippen LogP contribution in [0.15, 0.2) is 29.4 Å². The predicted molar refractivity (Wildman–Crippen MR) is 68.8 cm³/mol. The maximum absolute atomic E-state index is 5.33. The van der Waals surface area contributed by atoms with Gasteiger partial charge in [0, 0.05) is 36.3 Å². The van der Waals surface area contributed by atoms with Gasteiger partial charge in [0.1, 0.15) is 0 Å². The second kappa shape index (κ2) is 7.25. The van der Waals surface area contributed by atoms with Crippen molar-refractivity contribution in [1.82, 2.24) is 4.98 Å². The molecular weight excluding hydrogens is 274 g/mol. The van der Waals surface area contributed by atoms with Crippen LogP contribution in [0.4, 0.5) is 0 Å². The number of nitrogens with zero attached hydrogens (tertiary/aromatic N) is 1. The summed E-state index contributed by atoms with van der Waals surface area (Å²) >= 11 is 1.93. The monoisotopic (exact) mass is 289 g/mol. The van der Waals surface area contributed by atoms with E-state index in [1.165, 1.54) is 23.5 Å². The highest BCUT2D eigenvalue weighted by molar-refractivity contribution is 8.93. The first-order chi connectivity index (χ1) is 6.95. The molecule has 1 aliphatic rings. The first-order valence-corrected chi connectivity index (χ1v) is 6.04. The predicted octanol–water partition coefficient (Wildman–Crippen LogP) is 3.18. The summed E-state index contributed by atoms with van der Waals surface area (Å²) in [6, 6.07) is 4.15. The molecule has 0 atom stereocenters. The van der Waals surface area contributed by atoms with Crippen molar-refractivity contribution in [1.29, 1.82) is 0 Å². The summed E-state index contributed by atoms with van der Waals surface area (Å²) in [5, 5.41) is 0. The third kappa shape index (κ3) is 4.53. The van der Waals surface area contributed by atoms with E-state index in [4.69, 9.17) is 4.74 Å². The summed E-state index contributed by atoms with van der Waals surface area (Å²) in [6.45, 7) is 1.89. The third-order valence-corrected chi connectivity index (χ3v) is 3.72. The van der Waals surface area contributed by atoms with E-state index in [9.17, 15) is 0 Å². The van der Waals surface area contributed by atoms with Gasteiger partial charge in [0.05, 0.1) is 0 Å². The van der Waals surface area contributed by atoms with Gasteiger partial charge >= 0.3 is 0 Å². The van der Waals surface area contributed by atoms with Crippen molar-refractivity contribution in [3.05, 3.63) is 24.5 Å². The number of aromatic nitrogens is 1. The van der Waals surface area contributed by atoms with E-state index >= 15 is 0 Å². The van der Waals surface area contributed by atoms with Crippen LogP contribution in [0.3, 0.4) is 0 Å². The second-order valence-corrected chi connectivity index (χ2v) is 4.64. The maximum atomic E-state index is 5.33. The number of pyridine rings is 1. The van der Waals surface area contributed by atoms with E-state index in [2.05, 4.69) is 17.1 Å². The van der Waals surface area contributed by atoms with Gasteiger partial charge in [-0.2, -0.15) is 0 Å². The average Bonchev–Trinajstić information content (AvgIpc) is 2.29. The zero-order valence-corrected chi connectivity index (χ0v) is 11.1. The minimum Gasteiger partial charge on any atom is -0.381 e. The molecule has 2 rings (SSSR count). The van der Waals surface area contributed by atoms with E-state index in [0.29, 0.717) is 0 Å². The van der Waals surface area contributed by atoms with Crippen molar-refractivity contribution in [2.75, 3.05) is 19.0 Å². The van der Waals surface area contributed by atoms with E-state index in [1.807, 2.05) is 24.2 Å². The molecule has 84 valence electrons. The van der Waals surface area contributed by atoms with Crippen LogP contribution in [-0.4, -0.2) is 24.0 Å². The number of rotatable bonds is 3. The Kier molecular flexibility index (Phi) is 6.29. The van der Waals surface area contributed by atoms with Crippen LogP contribution in [-0.2, 0) is 4.74 Å². The number of halogens is 1. The maximum Gasteiger partial charge on any atom is 0.0468 e. The Morgan fingerprint density at radius 2 is 1.93 bits per heavy atom. The Labute approximate surface area is 106 Å². The number of ether oxygens (including phenoxy) is 1. The Morgan fingerprint density at radius 3 is 2.60 bits per heavy atom. The molecule has 2 nitrogen and oxygen atoms in total. The molecule has 0 unspecified atom stereocenters. The van der Waals surface area contributed by atoms with Crippen LogP contribution >= 0.6 is 28.7 Å². The lowest BCUT2D eigenvalue weighted by molar-refractivity contribution is 0.0728. The smallest absolute Gasteiger partial charge is 0.0468 e. The van der Waals surface area contributed by atoms with Crippen molar-refractivity contribution in [3.63, 3.8) is 0 Å². The minimum absolute atomic E-state index is 0. The molecule has 0 radical (unpaired) electrons. The number of hydrogen-bond donors (Lipinski definition) is 0. The highest BCUT2D eigenvalue weighted by atomic mass is 79.9. The molecule has 0 aliphatic carbocycles. The molecule has 15 heavy (non-hydrogen) atoms. The van der Waals surface area contributed by atoms with Gasteiger partial charge in [-0.3, -0.25) is 4.98 Å². The lowest BCUT2D eigenvalue weighted by Crippen LogP contribution is -2.17. The zero-order valence-electron chi connectivity index (χ0n) is 8.59. The summed E-state index contributed by atoms with van der Waals surface area (Å²) in [7, 11) is 0. The Morgan fingerprint density at radius 1 is 1.27 bits per heavy atom. The van der Waals surface area contributed by atoms with E-state index in [1.54, 1.807) is 0 Å². The largest absolute Gasteiger partial charge is 0.381 e. The Hall–Kier alpha value is -0.0600. The fraction of sp³-hybridized carbons (Fsp3) is 0.545. The molecule has 2 heterocycles. The molecule has 4 heteroatoms. The first kappa shape index (κ1) is 13.0. The van der Waals surface area contributed by atoms with Gasteiger partial charge in [0.2, 0.25) is 0 Å². The number of hydrogen-bond acceptors (Lipinski definition) is 3. The fourth-order valence-corrected chi connectivity index (χ4v) is 2.64. The minimum atomic E-state index is 0. The summed E-state index contributed by atoms with van der Waals surface area (Å²) in [4.78, 5) is 5.33. The molecule has 0 amide bonds. The molecule has 0 N–H and O–H groups in total. The standard InChI is InChI=1S/C11H15NOS.BrH/c1-5-12-6-2-11(1)14-9-10-3-7-13-8-4-10;/h1-2,5-6,10H,3-4,7-9H2;1H. The molecule has 1 saturated heterocycles. The first-order valence-electron chi connectivity index (χ1n) is 5.06. The van der Waals surface area contributed by atoms with E-state index < -0.39 is 0 Å². The Bertz CT molecular complexity index is 265. The lowest BCUT2D eigenvalue weighted by atomic mass is 10.0. The van der Waals surface area contributed by atoms with Crippen molar-refractivity contribution in [2.45, 2.75) is 17.7 Å². The molecular formula is C11H16BrNOS. The molecule has 1 aromatic heterocycles. The van der Waals surface area contributed by atoms with Crippen LogP contribution in [0.5, 0.6) is 0 Å². The van der Waals surface area contributed by atoms with Crippen molar-refractivity contribution in [3.8, 4) is 0 Å². The van der Waals surface area contributed by atoms with Gasteiger partial charge in [0.15, 0.2) is 0 Å². The van der Waals surface area contributed by atoms with Crippen molar-refractivity contribution in [2.24, 2.45) is 5.92 Å². The normalized spacial score (nSPS) is 17.1. The SMILES string of the molecule is Br.c1cc(SCC2CCOCC2)ccn1. The summed E-state index contributed by atoms with van der Waals surface area (Å²) in [6.07, 6.45) is 6.15. The van der Waals surface area contributed by atoms with Crippen LogP contribution in [0.25, 0.3) is 0 Å². The number of thioether (sulfide) groups is 1. The molecule has 0 bridgehead atoms. The van der Waals surface area contributed by atoms with Gasteiger partial charge in [0.25, 0.3) is 0 Å². The summed E-state index contributed by atoms with van der Waals surface area (Å²) in [5.74, 6) is 2.05. The van der Waals surface area contributed by atoms with Gasteiger partial charge in [-0.15, -0.1) is 28.7 Å². The fourth-order valence-electron chi connectivity index (χ4n) is 1.56. The molecule has 0 saturated carbocycles. The topological polar surface area (TPSA) is 22.1 Å². The van der Waals surface area contributed by atoms with Gasteiger partial charge in [-0.05, 0) is 30.9 Å². The average molecular weight is 290 g/mol. The zero-order chi connectivity index (χ0) is 9.64. The molecule has 1 fully saturated rings. The molecule has 0 spiro atoms. The molecule has 1 aliphatic heterocycles. The van der Waals surface area contributed by atoms with E-state index in [-0.39, 0.29) is 17.0 Å². The van der Waals surface area contributed by atoms with Gasteiger partial charge < -0.3 is 4.74 Å². The van der Waals surface area contributed by atoms with E-state index in [0.717, 1.165) is 19.1 Å². The highest BCUT2D eigenvalue weighted by Crippen LogP contribution is 2.24. The van der Waals surface area contributed by atoms with Gasteiger partial charge in [-0.25, -0.2) is 0 Å². The van der Waals surface area contributed by atoms with Crippen LogP contribution in [0.1, 0.15) is 12.8 Å². The summed E-state index contributed by atoms with van der Waals surface area (Å²) in [5.41, 5.74) is 0. The summed E-state index contributed by atoms with van der Waals surface area (Å²) < 4.78 is 5.33. The third-order valence-electron chi connectivity index (χ3n) is 2.48. The van der Waals surface area contributed by atoms with Crippen LogP contribution < -0.4 is 0 Å². The second-order valence-electron chi connectivity index (χ2n) is 3.55. The van der Waals surface area contributed by atoms with Crippen LogP contribution in [0, 0.1) is 5.92 Å². The van der Waals surface area contributed by atoms with Crippen molar-refractivity contribution < 1.29 is 4.74 Å². The van der Waals surface area contributed by atoms with Gasteiger partial charge in [-0.1, -0.05) is 0 Å².